The Morgan fingerprint density at radius 3 is 2.55 bits per heavy atom. The number of fused-ring (bicyclic) bond motifs is 1. The van der Waals surface area contributed by atoms with Crippen LogP contribution in [0.1, 0.15) is 16.1 Å². The van der Waals surface area contributed by atoms with Crippen LogP contribution in [0.5, 0.6) is 0 Å². The van der Waals surface area contributed by atoms with Gasteiger partial charge in [0.2, 0.25) is 15.8 Å². The number of rotatable bonds is 6. The monoisotopic (exact) mass is 526 g/mol. The first-order valence-corrected chi connectivity index (χ1v) is 12.5. The highest BCUT2D eigenvalue weighted by atomic mass is 79.9. The summed E-state index contributed by atoms with van der Waals surface area (Å²) in [4.78, 5) is 13.3. The number of carboxylic acid groups (broad SMARTS) is 1. The molecule has 1 fully saturated rings. The lowest BCUT2D eigenvalue weighted by Gasteiger charge is -2.36. The molecule has 0 atom stereocenters. The second-order valence-electron chi connectivity index (χ2n) is 7.31. The second-order valence-corrected chi connectivity index (χ2v) is 10.6. The molecule has 1 N–H and O–H groups in total. The maximum absolute atomic E-state index is 12.8. The van der Waals surface area contributed by atoms with Gasteiger partial charge in [0.15, 0.2) is 0 Å². The van der Waals surface area contributed by atoms with Crippen molar-refractivity contribution in [2.24, 2.45) is 0 Å². The third-order valence-corrected chi connectivity index (χ3v) is 8.28. The first-order chi connectivity index (χ1) is 14.7. The van der Waals surface area contributed by atoms with E-state index >= 15 is 0 Å². The number of nitrogens with zero attached hydrogens (tertiary/aromatic N) is 2. The molecular formula is C21H20BrClN2O5S. The van der Waals surface area contributed by atoms with Crippen molar-refractivity contribution >= 4 is 60.2 Å². The standard InChI is InChI=1S/C21H20BrClN2O5S/c22-20-16-13-19(21(26)27)30-18(16)5-4-17(20)24-7-9-25(10-8-24)31(28,29)11-6-14-2-1-3-15(23)12-14/h1-5,12-13H,6-11H2,(H,26,27). The average molecular weight is 528 g/mol. The van der Waals surface area contributed by atoms with Crippen molar-refractivity contribution in [3.63, 3.8) is 0 Å². The van der Waals surface area contributed by atoms with Crippen molar-refractivity contribution in [1.82, 2.24) is 4.31 Å². The Balaban J connectivity index is 1.43. The SMILES string of the molecule is O=C(O)c1cc2c(Br)c(N3CCN(S(=O)(=O)CCc4cccc(Cl)c4)CC3)ccc2o1. The Labute approximate surface area is 193 Å². The lowest BCUT2D eigenvalue weighted by atomic mass is 10.2. The number of hydrogen-bond acceptors (Lipinski definition) is 5. The topological polar surface area (TPSA) is 91.1 Å². The normalized spacial score (nSPS) is 15.5. The molecule has 0 bridgehead atoms. The van der Waals surface area contributed by atoms with E-state index in [4.69, 9.17) is 21.1 Å². The summed E-state index contributed by atoms with van der Waals surface area (Å²) in [5, 5.41) is 10.4. The fraction of sp³-hybridized carbons (Fsp3) is 0.286. The lowest BCUT2D eigenvalue weighted by Crippen LogP contribution is -2.49. The molecule has 31 heavy (non-hydrogen) atoms. The predicted octanol–water partition coefficient (Wildman–Crippen LogP) is 4.24. The van der Waals surface area contributed by atoms with Crippen molar-refractivity contribution in [1.29, 1.82) is 0 Å². The Bertz CT molecular complexity index is 1240. The molecule has 1 aliphatic rings. The Kier molecular flexibility index (Phi) is 6.30. The highest BCUT2D eigenvalue weighted by Crippen LogP contribution is 2.36. The molecule has 3 aromatic rings. The van der Waals surface area contributed by atoms with Gasteiger partial charge in [0.05, 0.1) is 15.9 Å². The molecule has 0 unspecified atom stereocenters. The van der Waals surface area contributed by atoms with Gasteiger partial charge in [-0.25, -0.2) is 13.2 Å². The predicted molar refractivity (Wildman–Crippen MR) is 124 cm³/mol. The lowest BCUT2D eigenvalue weighted by molar-refractivity contribution is 0.0665. The summed E-state index contributed by atoms with van der Waals surface area (Å²) in [6.45, 7) is 1.83. The van der Waals surface area contributed by atoms with Gasteiger partial charge in [-0.05, 0) is 52.2 Å². The van der Waals surface area contributed by atoms with Crippen LogP contribution in [0.25, 0.3) is 11.0 Å². The Morgan fingerprint density at radius 1 is 1.13 bits per heavy atom. The zero-order valence-corrected chi connectivity index (χ0v) is 19.6. The number of halogens is 2. The van der Waals surface area contributed by atoms with Crippen LogP contribution in [0.3, 0.4) is 0 Å². The number of piperazine rings is 1. The zero-order valence-electron chi connectivity index (χ0n) is 16.4. The van der Waals surface area contributed by atoms with Crippen LogP contribution in [-0.4, -0.2) is 55.7 Å². The molecule has 2 heterocycles. The number of aryl methyl sites for hydroxylation is 1. The zero-order chi connectivity index (χ0) is 22.2. The van der Waals surface area contributed by atoms with E-state index in [-0.39, 0.29) is 11.5 Å². The summed E-state index contributed by atoms with van der Waals surface area (Å²) >= 11 is 9.53. The average Bonchev–Trinajstić information content (AvgIpc) is 3.19. The number of carbonyl (C=O) groups is 1. The largest absolute Gasteiger partial charge is 0.475 e. The number of benzene rings is 2. The van der Waals surface area contributed by atoms with Crippen molar-refractivity contribution in [3.05, 3.63) is 63.3 Å². The second kappa shape index (κ2) is 8.82. The quantitative estimate of drug-likeness (QED) is 0.516. The van der Waals surface area contributed by atoms with Gasteiger partial charge in [-0.3, -0.25) is 0 Å². The van der Waals surface area contributed by atoms with Gasteiger partial charge >= 0.3 is 5.97 Å². The number of anilines is 1. The number of hydrogen-bond donors (Lipinski definition) is 1. The van der Waals surface area contributed by atoms with E-state index in [2.05, 4.69) is 20.8 Å². The Morgan fingerprint density at radius 2 is 1.87 bits per heavy atom. The first kappa shape index (κ1) is 22.1. The molecule has 0 saturated carbocycles. The van der Waals surface area contributed by atoms with E-state index in [1.807, 2.05) is 18.2 Å². The van der Waals surface area contributed by atoms with Crippen LogP contribution in [0.15, 0.2) is 51.4 Å². The van der Waals surface area contributed by atoms with Gasteiger partial charge in [-0.1, -0.05) is 23.7 Å². The number of carboxylic acids is 1. The number of sulfonamides is 1. The molecule has 0 spiro atoms. The van der Waals surface area contributed by atoms with Crippen molar-refractivity contribution in [2.45, 2.75) is 6.42 Å². The van der Waals surface area contributed by atoms with Crippen LogP contribution >= 0.6 is 27.5 Å². The minimum Gasteiger partial charge on any atom is -0.475 e. The molecule has 4 rings (SSSR count). The van der Waals surface area contributed by atoms with Crippen LogP contribution < -0.4 is 4.90 Å². The number of aromatic carboxylic acids is 1. The molecule has 10 heteroatoms. The molecule has 7 nitrogen and oxygen atoms in total. The van der Waals surface area contributed by atoms with Gasteiger partial charge < -0.3 is 14.4 Å². The number of furan rings is 1. The van der Waals surface area contributed by atoms with Crippen LogP contribution in [-0.2, 0) is 16.4 Å². The molecular weight excluding hydrogens is 508 g/mol. The minimum absolute atomic E-state index is 0.0377. The summed E-state index contributed by atoms with van der Waals surface area (Å²) < 4.78 is 33.2. The van der Waals surface area contributed by atoms with Gasteiger partial charge in [0.1, 0.15) is 5.58 Å². The Hall–Kier alpha value is -2.07. The molecule has 0 amide bonds. The summed E-state index contributed by atoms with van der Waals surface area (Å²) in [5.74, 6) is -1.21. The van der Waals surface area contributed by atoms with E-state index in [1.54, 1.807) is 18.2 Å². The van der Waals surface area contributed by atoms with Crippen molar-refractivity contribution in [3.8, 4) is 0 Å². The fourth-order valence-electron chi connectivity index (χ4n) is 3.69. The minimum atomic E-state index is -3.38. The summed E-state index contributed by atoms with van der Waals surface area (Å²) in [7, 11) is -3.38. The van der Waals surface area contributed by atoms with E-state index in [0.717, 1.165) is 15.7 Å². The molecule has 1 saturated heterocycles. The van der Waals surface area contributed by atoms with Gasteiger partial charge in [0.25, 0.3) is 0 Å². The van der Waals surface area contributed by atoms with E-state index in [1.165, 1.54) is 10.4 Å². The van der Waals surface area contributed by atoms with Gasteiger partial charge in [-0.2, -0.15) is 4.31 Å². The summed E-state index contributed by atoms with van der Waals surface area (Å²) in [6.07, 6.45) is 0.414. The van der Waals surface area contributed by atoms with Crippen LogP contribution in [0, 0.1) is 0 Å². The fourth-order valence-corrected chi connectivity index (χ4v) is 6.07. The molecule has 1 aromatic heterocycles. The molecule has 0 aliphatic carbocycles. The molecule has 0 radical (unpaired) electrons. The third kappa shape index (κ3) is 4.74. The molecule has 1 aliphatic heterocycles. The smallest absolute Gasteiger partial charge is 0.371 e. The van der Waals surface area contributed by atoms with Gasteiger partial charge in [0, 0.05) is 42.7 Å². The highest BCUT2D eigenvalue weighted by molar-refractivity contribution is 9.10. The first-order valence-electron chi connectivity index (χ1n) is 9.67. The maximum Gasteiger partial charge on any atom is 0.371 e. The van der Waals surface area contributed by atoms with E-state index in [9.17, 15) is 13.2 Å². The van der Waals surface area contributed by atoms with Crippen LogP contribution in [0.2, 0.25) is 5.02 Å². The maximum atomic E-state index is 12.8. The highest BCUT2D eigenvalue weighted by Gasteiger charge is 2.28. The van der Waals surface area contributed by atoms with Crippen molar-refractivity contribution < 1.29 is 22.7 Å². The van der Waals surface area contributed by atoms with E-state index in [0.29, 0.717) is 48.6 Å². The van der Waals surface area contributed by atoms with E-state index < -0.39 is 16.0 Å². The molecule has 2 aromatic carbocycles. The summed E-state index contributed by atoms with van der Waals surface area (Å²) in [5.41, 5.74) is 2.25. The summed E-state index contributed by atoms with van der Waals surface area (Å²) in [6, 6.07) is 12.3. The molecule has 164 valence electrons. The van der Waals surface area contributed by atoms with Gasteiger partial charge in [-0.15, -0.1) is 0 Å². The third-order valence-electron chi connectivity index (χ3n) is 5.34. The van der Waals surface area contributed by atoms with Crippen LogP contribution in [0.4, 0.5) is 5.69 Å². The van der Waals surface area contributed by atoms with Crippen molar-refractivity contribution in [2.75, 3.05) is 36.8 Å².